The molecule has 0 saturated heterocycles. The maximum atomic E-state index is 2.43. The standard InChI is InChI=1S/C39H54N3Si.3ClH.Ti/c1-23-17-33(40(11)12)18-24(2)36(23)43(39-31(9)29(7)30(8)32(39)10,37-25(3)19-34(41(13)14)20-26(37)4)38-27(5)21-35(42(15)16)22-28(38)6;;;;/h17-22H,1-16H3;3*1H;/q-1;;;;+4/p-3. The molecule has 0 aromatic heterocycles. The molecule has 8 heteroatoms. The van der Waals surface area contributed by atoms with Crippen LogP contribution in [0.3, 0.4) is 0 Å². The summed E-state index contributed by atoms with van der Waals surface area (Å²) in [4.78, 5) is 6.72. The zero-order valence-electron chi connectivity index (χ0n) is 31.4. The van der Waals surface area contributed by atoms with Crippen LogP contribution in [0, 0.1) is 69.2 Å². The molecule has 3 nitrogen and oxygen atoms in total. The molecule has 0 spiro atoms. The molecule has 4 rings (SSSR count). The van der Waals surface area contributed by atoms with Crippen LogP contribution in [-0.4, -0.2) is 50.4 Å². The first-order valence-corrected chi connectivity index (χ1v) is 17.6. The number of anilines is 3. The molecule has 0 amide bonds. The number of rotatable bonds is 7. The number of halogens is 3. The van der Waals surface area contributed by atoms with Crippen molar-refractivity contribution in [2.24, 2.45) is 0 Å². The predicted octanol–water partition coefficient (Wildman–Crippen LogP) is -2.93. The zero-order valence-corrected chi connectivity index (χ0v) is 36.3. The maximum Gasteiger partial charge on any atom is 4.00 e. The largest absolute Gasteiger partial charge is 4.00 e. The normalized spacial score (nSPS) is 10.7. The van der Waals surface area contributed by atoms with E-state index in [0.717, 1.165) is 0 Å². The first-order chi connectivity index (χ1) is 20.0. The van der Waals surface area contributed by atoms with Gasteiger partial charge in [-0.25, -0.2) is 0 Å². The summed E-state index contributed by atoms with van der Waals surface area (Å²) in [7, 11) is 10.0. The number of benzene rings is 3. The summed E-state index contributed by atoms with van der Waals surface area (Å²) in [6, 6.07) is 14.6. The van der Waals surface area contributed by atoms with Crippen LogP contribution >= 0.6 is 0 Å². The number of hydrogen-bond acceptors (Lipinski definition) is 3. The fourth-order valence-electron chi connectivity index (χ4n) is 7.90. The summed E-state index contributed by atoms with van der Waals surface area (Å²) >= 11 is 0. The summed E-state index contributed by atoms with van der Waals surface area (Å²) < 4.78 is 0. The van der Waals surface area contributed by atoms with Gasteiger partial charge in [-0.3, -0.25) is 0 Å². The molecule has 47 heavy (non-hydrogen) atoms. The smallest absolute Gasteiger partial charge is 1.00 e. The Labute approximate surface area is 321 Å². The van der Waals surface area contributed by atoms with E-state index in [2.05, 4.69) is 163 Å². The minimum atomic E-state index is -2.90. The Hall–Kier alpha value is -1.79. The SMILES string of the molecule is Cc1cc(N(C)C)cc(C)c1[Si](c1c(C)cc(N(C)C)cc1C)(c1c(C)cc(N(C)C)cc1C)c1c(C)c(C)c(C)[c-]1C.[Cl-].[Cl-].[Cl-].[Ti+4]. The number of nitrogens with zero attached hydrogens (tertiary/aromatic N) is 3. The minimum Gasteiger partial charge on any atom is -1.00 e. The van der Waals surface area contributed by atoms with Gasteiger partial charge in [0.05, 0.1) is 0 Å². The first kappa shape index (κ1) is 45.2. The first-order valence-electron chi connectivity index (χ1n) is 15.6. The summed E-state index contributed by atoms with van der Waals surface area (Å²) in [5.41, 5.74) is 17.9. The summed E-state index contributed by atoms with van der Waals surface area (Å²) in [5.74, 6) is 0. The van der Waals surface area contributed by atoms with Gasteiger partial charge < -0.3 is 51.9 Å². The van der Waals surface area contributed by atoms with Crippen LogP contribution in [0.5, 0.6) is 0 Å². The molecule has 0 radical (unpaired) electrons. The second-order valence-electron chi connectivity index (χ2n) is 13.7. The molecule has 0 aliphatic rings. The van der Waals surface area contributed by atoms with E-state index in [0.29, 0.717) is 0 Å². The Morgan fingerprint density at radius 3 is 0.851 bits per heavy atom. The maximum absolute atomic E-state index is 2.90. The van der Waals surface area contributed by atoms with Crippen LogP contribution in [-0.2, 0) is 21.7 Å². The number of aryl methyl sites for hydroxylation is 6. The van der Waals surface area contributed by atoms with Crippen molar-refractivity contribution < 1.29 is 58.9 Å². The van der Waals surface area contributed by atoms with E-state index in [-0.39, 0.29) is 58.9 Å². The third-order valence-corrected chi connectivity index (χ3v) is 16.2. The molecule has 0 fully saturated rings. The van der Waals surface area contributed by atoms with Crippen molar-refractivity contribution in [1.29, 1.82) is 0 Å². The average Bonchev–Trinajstić information content (AvgIpc) is 3.09. The zero-order chi connectivity index (χ0) is 32.3. The van der Waals surface area contributed by atoms with Gasteiger partial charge in [-0.1, -0.05) is 27.7 Å². The second-order valence-corrected chi connectivity index (χ2v) is 17.2. The van der Waals surface area contributed by atoms with Gasteiger partial charge in [0.25, 0.3) is 0 Å². The third-order valence-electron chi connectivity index (χ3n) is 10.0. The van der Waals surface area contributed by atoms with E-state index >= 15 is 0 Å². The fraction of sp³-hybridized carbons (Fsp3) is 0.410. The molecule has 0 N–H and O–H groups in total. The molecule has 0 bridgehead atoms. The Morgan fingerprint density at radius 2 is 0.681 bits per heavy atom. The van der Waals surface area contributed by atoms with Gasteiger partial charge in [0.2, 0.25) is 0 Å². The van der Waals surface area contributed by atoms with Gasteiger partial charge in [-0.15, -0.1) is 0 Å². The molecule has 0 heterocycles. The Morgan fingerprint density at radius 1 is 0.447 bits per heavy atom. The summed E-state index contributed by atoms with van der Waals surface area (Å²) in [6.45, 7) is 23.6. The van der Waals surface area contributed by atoms with E-state index in [9.17, 15) is 0 Å². The average molecular weight is 747 g/mol. The molecular formula is C39H54Cl3N3SiTi. The third kappa shape index (κ3) is 7.54. The number of hydrogen-bond donors (Lipinski definition) is 0. The van der Waals surface area contributed by atoms with Crippen molar-refractivity contribution >= 4 is 45.9 Å². The van der Waals surface area contributed by atoms with Crippen molar-refractivity contribution in [3.05, 3.63) is 92.0 Å². The van der Waals surface area contributed by atoms with Crippen LogP contribution in [0.25, 0.3) is 0 Å². The second kappa shape index (κ2) is 16.7. The monoisotopic (exact) mass is 745 g/mol. The topological polar surface area (TPSA) is 9.72 Å². The molecule has 4 aromatic rings. The van der Waals surface area contributed by atoms with Gasteiger partial charge >= 0.3 is 21.7 Å². The van der Waals surface area contributed by atoms with Crippen molar-refractivity contribution in [3.63, 3.8) is 0 Å². The van der Waals surface area contributed by atoms with Crippen LogP contribution in [0.2, 0.25) is 0 Å². The summed E-state index contributed by atoms with van der Waals surface area (Å²) in [6.07, 6.45) is 0. The van der Waals surface area contributed by atoms with E-state index in [1.165, 1.54) is 72.7 Å². The van der Waals surface area contributed by atoms with E-state index < -0.39 is 8.07 Å². The molecular weight excluding hydrogens is 693 g/mol. The molecule has 4 aromatic carbocycles. The van der Waals surface area contributed by atoms with Crippen LogP contribution < -0.4 is 72.7 Å². The fourth-order valence-corrected chi connectivity index (χ4v) is 14.9. The van der Waals surface area contributed by atoms with Gasteiger partial charge in [0.1, 0.15) is 0 Å². The van der Waals surface area contributed by atoms with Gasteiger partial charge in [-0.05, 0) is 127 Å². The molecule has 0 unspecified atom stereocenters. The van der Waals surface area contributed by atoms with Crippen LogP contribution in [0.4, 0.5) is 17.1 Å². The minimum absolute atomic E-state index is 0. The van der Waals surface area contributed by atoms with E-state index in [1.54, 1.807) is 20.7 Å². The van der Waals surface area contributed by atoms with Crippen molar-refractivity contribution in [3.8, 4) is 0 Å². The molecule has 0 saturated carbocycles. The molecule has 0 aliphatic carbocycles. The molecule has 0 aliphatic heterocycles. The summed E-state index contributed by atoms with van der Waals surface area (Å²) in [5, 5.41) is 6.21. The molecule has 0 atom stereocenters. The van der Waals surface area contributed by atoms with E-state index in [4.69, 9.17) is 0 Å². The van der Waals surface area contributed by atoms with Gasteiger partial charge in [0, 0.05) is 59.3 Å². The van der Waals surface area contributed by atoms with Crippen LogP contribution in [0.15, 0.2) is 36.4 Å². The molecule has 254 valence electrons. The van der Waals surface area contributed by atoms with Gasteiger partial charge in [0.15, 0.2) is 8.07 Å². The van der Waals surface area contributed by atoms with E-state index in [1.807, 2.05) is 0 Å². The Balaban J connectivity index is 0.00000529. The van der Waals surface area contributed by atoms with Gasteiger partial charge in [-0.2, -0.15) is 27.4 Å². The Bertz CT molecular complexity index is 1470. The van der Waals surface area contributed by atoms with Crippen molar-refractivity contribution in [2.75, 3.05) is 57.0 Å². The van der Waals surface area contributed by atoms with Crippen LogP contribution in [0.1, 0.15) is 55.6 Å². The Kier molecular flexibility index (Phi) is 16.1. The van der Waals surface area contributed by atoms with Crippen molar-refractivity contribution in [2.45, 2.75) is 69.2 Å². The predicted molar refractivity (Wildman–Crippen MR) is 196 cm³/mol. The quantitative estimate of drug-likeness (QED) is 0.114. The van der Waals surface area contributed by atoms with Crippen molar-refractivity contribution in [1.82, 2.24) is 0 Å².